The lowest BCUT2D eigenvalue weighted by atomic mass is 10.1. The van der Waals surface area contributed by atoms with E-state index in [1.54, 1.807) is 7.11 Å². The fraction of sp³-hybridized carbons (Fsp3) is 0.333. The Balaban J connectivity index is 2.53. The number of methoxy groups -OCH3 is 1. The van der Waals surface area contributed by atoms with Crippen LogP contribution in [0.3, 0.4) is 0 Å². The van der Waals surface area contributed by atoms with Crippen LogP contribution in [0.5, 0.6) is 5.75 Å². The van der Waals surface area contributed by atoms with E-state index in [4.69, 9.17) is 16.3 Å². The molecule has 1 aromatic carbocycles. The number of hydrogen-bond donors (Lipinski definition) is 0. The summed E-state index contributed by atoms with van der Waals surface area (Å²) in [6.07, 6.45) is 0.843. The second-order valence-corrected chi connectivity index (χ2v) is 4.81. The largest absolute Gasteiger partial charge is 0.496 e. The Morgan fingerprint density at radius 3 is 2.53 bits per heavy atom. The average Bonchev–Trinajstić information content (AvgIpc) is 2.41. The summed E-state index contributed by atoms with van der Waals surface area (Å²) in [6, 6.07) is 5.89. The molecule has 0 amide bonds. The van der Waals surface area contributed by atoms with E-state index in [-0.39, 0.29) is 0 Å². The molecule has 0 fully saturated rings. The number of rotatable bonds is 3. The molecule has 1 heterocycles. The predicted octanol–water partition coefficient (Wildman–Crippen LogP) is 3.98. The molecule has 0 spiro atoms. The Kier molecular flexibility index (Phi) is 4.05. The van der Waals surface area contributed by atoms with Crippen molar-refractivity contribution < 1.29 is 4.74 Å². The van der Waals surface area contributed by atoms with E-state index < -0.39 is 0 Å². The molecule has 2 aromatic rings. The van der Waals surface area contributed by atoms with Crippen molar-refractivity contribution in [3.05, 3.63) is 40.2 Å². The van der Waals surface area contributed by atoms with Crippen molar-refractivity contribution in [2.24, 2.45) is 0 Å². The third-order valence-corrected chi connectivity index (χ3v) is 3.54. The van der Waals surface area contributed by atoms with Crippen molar-refractivity contribution in [2.45, 2.75) is 27.2 Å². The lowest BCUT2D eigenvalue weighted by Gasteiger charge is -2.10. The van der Waals surface area contributed by atoms with Gasteiger partial charge in [0.1, 0.15) is 10.9 Å². The van der Waals surface area contributed by atoms with E-state index in [9.17, 15) is 0 Å². The van der Waals surface area contributed by atoms with E-state index in [1.807, 2.05) is 32.0 Å². The van der Waals surface area contributed by atoms with E-state index in [0.29, 0.717) is 11.0 Å². The first-order valence-corrected chi connectivity index (χ1v) is 6.62. The normalized spacial score (nSPS) is 10.6. The summed E-state index contributed by atoms with van der Waals surface area (Å²) in [5.74, 6) is 1.52. The Morgan fingerprint density at radius 2 is 1.95 bits per heavy atom. The molecule has 19 heavy (non-hydrogen) atoms. The van der Waals surface area contributed by atoms with Crippen molar-refractivity contribution in [1.82, 2.24) is 9.97 Å². The van der Waals surface area contributed by atoms with Gasteiger partial charge in [-0.15, -0.1) is 0 Å². The SMILES string of the molecule is CCc1nc(-c2ccc(OC)c(C)c2)nc(Cl)c1C. The van der Waals surface area contributed by atoms with E-state index in [0.717, 1.165) is 34.6 Å². The molecule has 0 aliphatic rings. The molecule has 0 saturated carbocycles. The van der Waals surface area contributed by atoms with Crippen LogP contribution < -0.4 is 4.74 Å². The van der Waals surface area contributed by atoms with Gasteiger partial charge < -0.3 is 4.74 Å². The third-order valence-electron chi connectivity index (χ3n) is 3.18. The number of benzene rings is 1. The highest BCUT2D eigenvalue weighted by Gasteiger charge is 2.10. The molecule has 0 aliphatic carbocycles. The van der Waals surface area contributed by atoms with Gasteiger partial charge in [0.25, 0.3) is 0 Å². The van der Waals surface area contributed by atoms with Crippen LogP contribution >= 0.6 is 11.6 Å². The number of nitrogens with zero attached hydrogens (tertiary/aromatic N) is 2. The van der Waals surface area contributed by atoms with Crippen LogP contribution in [0.1, 0.15) is 23.7 Å². The first-order chi connectivity index (χ1) is 9.06. The fourth-order valence-corrected chi connectivity index (χ4v) is 2.21. The lowest BCUT2D eigenvalue weighted by molar-refractivity contribution is 0.412. The number of ether oxygens (including phenoxy) is 1. The Hall–Kier alpha value is -1.61. The van der Waals surface area contributed by atoms with Crippen LogP contribution in [0.25, 0.3) is 11.4 Å². The maximum Gasteiger partial charge on any atom is 0.161 e. The van der Waals surface area contributed by atoms with Gasteiger partial charge in [0.05, 0.1) is 7.11 Å². The van der Waals surface area contributed by atoms with Gasteiger partial charge in [0.2, 0.25) is 0 Å². The van der Waals surface area contributed by atoms with Crippen molar-refractivity contribution in [2.75, 3.05) is 7.11 Å². The summed E-state index contributed by atoms with van der Waals surface area (Å²) in [5, 5.41) is 0.523. The van der Waals surface area contributed by atoms with Crippen LogP contribution in [0.15, 0.2) is 18.2 Å². The van der Waals surface area contributed by atoms with Crippen molar-refractivity contribution >= 4 is 11.6 Å². The fourth-order valence-electron chi connectivity index (χ4n) is 2.02. The van der Waals surface area contributed by atoms with E-state index >= 15 is 0 Å². The van der Waals surface area contributed by atoms with E-state index in [2.05, 4.69) is 16.9 Å². The van der Waals surface area contributed by atoms with Gasteiger partial charge in [-0.1, -0.05) is 18.5 Å². The van der Waals surface area contributed by atoms with Gasteiger partial charge in [-0.25, -0.2) is 9.97 Å². The van der Waals surface area contributed by atoms with Crippen LogP contribution in [0, 0.1) is 13.8 Å². The predicted molar refractivity (Wildman–Crippen MR) is 77.9 cm³/mol. The maximum atomic E-state index is 6.17. The second kappa shape index (κ2) is 5.57. The third kappa shape index (κ3) is 2.71. The Morgan fingerprint density at radius 1 is 1.21 bits per heavy atom. The molecule has 2 rings (SSSR count). The molecule has 0 unspecified atom stereocenters. The first-order valence-electron chi connectivity index (χ1n) is 6.24. The van der Waals surface area contributed by atoms with Crippen LogP contribution in [-0.2, 0) is 6.42 Å². The monoisotopic (exact) mass is 276 g/mol. The van der Waals surface area contributed by atoms with Gasteiger partial charge in [0, 0.05) is 16.8 Å². The lowest BCUT2D eigenvalue weighted by Crippen LogP contribution is -2.00. The van der Waals surface area contributed by atoms with Gasteiger partial charge in [-0.3, -0.25) is 0 Å². The number of halogens is 1. The van der Waals surface area contributed by atoms with Gasteiger partial charge in [-0.05, 0) is 44.0 Å². The zero-order chi connectivity index (χ0) is 14.0. The van der Waals surface area contributed by atoms with Crippen molar-refractivity contribution in [3.63, 3.8) is 0 Å². The molecular formula is C15H17ClN2O. The molecule has 0 radical (unpaired) electrons. The summed E-state index contributed by atoms with van der Waals surface area (Å²) >= 11 is 6.17. The van der Waals surface area contributed by atoms with Crippen LogP contribution in [0.2, 0.25) is 5.15 Å². The number of aryl methyl sites for hydroxylation is 2. The summed E-state index contributed by atoms with van der Waals surface area (Å²) < 4.78 is 5.26. The molecule has 100 valence electrons. The molecule has 3 nitrogen and oxygen atoms in total. The standard InChI is InChI=1S/C15H17ClN2O/c1-5-12-10(3)14(16)18-15(17-12)11-6-7-13(19-4)9(2)8-11/h6-8H,5H2,1-4H3. The van der Waals surface area contributed by atoms with Crippen LogP contribution in [0.4, 0.5) is 0 Å². The molecular weight excluding hydrogens is 260 g/mol. The van der Waals surface area contributed by atoms with Gasteiger partial charge >= 0.3 is 0 Å². The van der Waals surface area contributed by atoms with Gasteiger partial charge in [-0.2, -0.15) is 0 Å². The summed E-state index contributed by atoms with van der Waals surface area (Å²) in [7, 11) is 1.66. The second-order valence-electron chi connectivity index (χ2n) is 4.45. The molecule has 0 bridgehead atoms. The molecule has 1 aromatic heterocycles. The average molecular weight is 277 g/mol. The first kappa shape index (κ1) is 13.8. The minimum absolute atomic E-state index is 0.523. The highest BCUT2D eigenvalue weighted by molar-refractivity contribution is 6.30. The summed E-state index contributed by atoms with van der Waals surface area (Å²) in [5.41, 5.74) is 3.95. The van der Waals surface area contributed by atoms with Crippen molar-refractivity contribution in [3.8, 4) is 17.1 Å². The summed E-state index contributed by atoms with van der Waals surface area (Å²) in [6.45, 7) is 6.01. The summed E-state index contributed by atoms with van der Waals surface area (Å²) in [4.78, 5) is 8.94. The van der Waals surface area contributed by atoms with Crippen molar-refractivity contribution in [1.29, 1.82) is 0 Å². The minimum Gasteiger partial charge on any atom is -0.496 e. The minimum atomic E-state index is 0.523. The Labute approximate surface area is 118 Å². The maximum absolute atomic E-state index is 6.17. The molecule has 4 heteroatoms. The highest BCUT2D eigenvalue weighted by atomic mass is 35.5. The number of hydrogen-bond acceptors (Lipinski definition) is 3. The quantitative estimate of drug-likeness (QED) is 0.795. The van der Waals surface area contributed by atoms with Crippen LogP contribution in [-0.4, -0.2) is 17.1 Å². The molecule has 0 aliphatic heterocycles. The topological polar surface area (TPSA) is 35.0 Å². The van der Waals surface area contributed by atoms with E-state index in [1.165, 1.54) is 0 Å². The highest BCUT2D eigenvalue weighted by Crippen LogP contribution is 2.26. The van der Waals surface area contributed by atoms with Gasteiger partial charge in [0.15, 0.2) is 5.82 Å². The smallest absolute Gasteiger partial charge is 0.161 e. The molecule has 0 N–H and O–H groups in total. The Bertz CT molecular complexity index is 611. The molecule has 0 saturated heterocycles. The number of aromatic nitrogens is 2. The molecule has 0 atom stereocenters. The zero-order valence-electron chi connectivity index (χ0n) is 11.6. The zero-order valence-corrected chi connectivity index (χ0v) is 12.4.